The lowest BCUT2D eigenvalue weighted by molar-refractivity contribution is 0.0651. The summed E-state index contributed by atoms with van der Waals surface area (Å²) in [6.07, 6.45) is 2.06. The molecule has 7 heteroatoms. The molecule has 1 aliphatic rings. The highest BCUT2D eigenvalue weighted by molar-refractivity contribution is 5.91. The van der Waals surface area contributed by atoms with Gasteiger partial charge in [-0.3, -0.25) is 4.79 Å². The summed E-state index contributed by atoms with van der Waals surface area (Å²) in [5.41, 5.74) is 3.93. The standard InChI is InChI=1S/C21H20N6O/c1-14-13-15(2)27-21(22-14)23-19(24-27)20(28)26-12-11-25-10-6-9-17(25)18(26)16-7-4-3-5-8-16/h3-10,13,18H,11-12H2,1-2H3. The fourth-order valence-electron chi connectivity index (χ4n) is 3.97. The molecule has 0 saturated heterocycles. The number of aryl methyl sites for hydroxylation is 2. The van der Waals surface area contributed by atoms with Crippen molar-refractivity contribution in [3.05, 3.63) is 83.2 Å². The average Bonchev–Trinajstić information content (AvgIpc) is 3.34. The Kier molecular flexibility index (Phi) is 3.75. The number of amides is 1. The summed E-state index contributed by atoms with van der Waals surface area (Å²) in [4.78, 5) is 24.1. The van der Waals surface area contributed by atoms with E-state index < -0.39 is 0 Å². The molecule has 1 amide bonds. The van der Waals surface area contributed by atoms with Crippen LogP contribution in [0.3, 0.4) is 0 Å². The van der Waals surface area contributed by atoms with Crippen molar-refractivity contribution in [3.8, 4) is 0 Å². The van der Waals surface area contributed by atoms with E-state index in [1.807, 2.05) is 49.1 Å². The van der Waals surface area contributed by atoms with Gasteiger partial charge in [0.2, 0.25) is 5.82 Å². The number of benzene rings is 1. The molecule has 0 fully saturated rings. The summed E-state index contributed by atoms with van der Waals surface area (Å²) < 4.78 is 3.83. The molecule has 0 N–H and O–H groups in total. The monoisotopic (exact) mass is 372 g/mol. The summed E-state index contributed by atoms with van der Waals surface area (Å²) in [5.74, 6) is 0.462. The van der Waals surface area contributed by atoms with Crippen LogP contribution in [0, 0.1) is 13.8 Å². The van der Waals surface area contributed by atoms with Gasteiger partial charge in [0, 0.05) is 36.4 Å². The number of hydrogen-bond acceptors (Lipinski definition) is 4. The Labute approximate surface area is 162 Å². The van der Waals surface area contributed by atoms with Crippen molar-refractivity contribution < 1.29 is 4.79 Å². The zero-order chi connectivity index (χ0) is 19.3. The number of carbonyl (C=O) groups is 1. The normalized spacial score (nSPS) is 16.4. The molecule has 140 valence electrons. The Hall–Kier alpha value is -3.48. The predicted octanol–water partition coefficient (Wildman–Crippen LogP) is 2.79. The number of nitrogens with zero attached hydrogens (tertiary/aromatic N) is 6. The summed E-state index contributed by atoms with van der Waals surface area (Å²) in [7, 11) is 0. The van der Waals surface area contributed by atoms with E-state index in [4.69, 9.17) is 0 Å². The van der Waals surface area contributed by atoms with E-state index in [2.05, 4.69) is 44.0 Å². The smallest absolute Gasteiger partial charge is 0.294 e. The maximum atomic E-state index is 13.4. The molecule has 1 unspecified atom stereocenters. The molecular weight excluding hydrogens is 352 g/mol. The van der Waals surface area contributed by atoms with Crippen LogP contribution in [0.2, 0.25) is 0 Å². The molecule has 0 saturated carbocycles. The highest BCUT2D eigenvalue weighted by Gasteiger charge is 2.34. The third-order valence-corrected chi connectivity index (χ3v) is 5.22. The number of carbonyl (C=O) groups excluding carboxylic acids is 1. The second-order valence-corrected chi connectivity index (χ2v) is 7.12. The van der Waals surface area contributed by atoms with Gasteiger partial charge in [-0.25, -0.2) is 9.50 Å². The van der Waals surface area contributed by atoms with Gasteiger partial charge in [-0.15, -0.1) is 5.10 Å². The predicted molar refractivity (Wildman–Crippen MR) is 104 cm³/mol. The SMILES string of the molecule is Cc1cc(C)n2nc(C(=O)N3CCn4cccc4C3c3ccccc3)nc2n1. The minimum Gasteiger partial charge on any atom is -0.348 e. The summed E-state index contributed by atoms with van der Waals surface area (Å²) in [6, 6.07) is 16.0. The molecule has 7 nitrogen and oxygen atoms in total. The lowest BCUT2D eigenvalue weighted by atomic mass is 10.00. The molecule has 1 aromatic carbocycles. The van der Waals surface area contributed by atoms with Crippen LogP contribution in [0.15, 0.2) is 54.7 Å². The minimum atomic E-state index is -0.177. The molecular formula is C21H20N6O. The second kappa shape index (κ2) is 6.30. The Balaban J connectivity index is 1.59. The number of fused-ring (bicyclic) bond motifs is 2. The van der Waals surface area contributed by atoms with Gasteiger partial charge in [0.15, 0.2) is 0 Å². The molecule has 3 aromatic heterocycles. The van der Waals surface area contributed by atoms with E-state index in [0.717, 1.165) is 29.2 Å². The maximum absolute atomic E-state index is 13.4. The van der Waals surface area contributed by atoms with Crippen LogP contribution in [0.1, 0.15) is 39.3 Å². The van der Waals surface area contributed by atoms with Crippen molar-refractivity contribution in [1.29, 1.82) is 0 Å². The minimum absolute atomic E-state index is 0.167. The van der Waals surface area contributed by atoms with Crippen LogP contribution in [-0.2, 0) is 6.54 Å². The van der Waals surface area contributed by atoms with Crippen molar-refractivity contribution in [2.45, 2.75) is 26.4 Å². The fourth-order valence-corrected chi connectivity index (χ4v) is 3.97. The summed E-state index contributed by atoms with van der Waals surface area (Å²) >= 11 is 0. The molecule has 4 aromatic rings. The van der Waals surface area contributed by atoms with Crippen molar-refractivity contribution in [2.24, 2.45) is 0 Å². The lowest BCUT2D eigenvalue weighted by Crippen LogP contribution is -2.42. The van der Waals surface area contributed by atoms with Gasteiger partial charge < -0.3 is 9.47 Å². The zero-order valence-corrected chi connectivity index (χ0v) is 15.8. The van der Waals surface area contributed by atoms with Gasteiger partial charge in [0.1, 0.15) is 0 Å². The largest absolute Gasteiger partial charge is 0.348 e. The quantitative estimate of drug-likeness (QED) is 0.543. The first-order valence-corrected chi connectivity index (χ1v) is 9.34. The molecule has 28 heavy (non-hydrogen) atoms. The van der Waals surface area contributed by atoms with E-state index in [0.29, 0.717) is 12.3 Å². The second-order valence-electron chi connectivity index (χ2n) is 7.12. The average molecular weight is 372 g/mol. The first kappa shape index (κ1) is 16.7. The third-order valence-electron chi connectivity index (χ3n) is 5.22. The number of hydrogen-bond donors (Lipinski definition) is 0. The zero-order valence-electron chi connectivity index (χ0n) is 15.8. The number of rotatable bonds is 2. The van der Waals surface area contributed by atoms with E-state index in [1.54, 1.807) is 4.52 Å². The van der Waals surface area contributed by atoms with Gasteiger partial charge in [0.25, 0.3) is 11.7 Å². The summed E-state index contributed by atoms with van der Waals surface area (Å²) in [5, 5.41) is 4.45. The highest BCUT2D eigenvalue weighted by Crippen LogP contribution is 2.33. The molecule has 0 bridgehead atoms. The maximum Gasteiger partial charge on any atom is 0.294 e. The van der Waals surface area contributed by atoms with E-state index >= 15 is 0 Å². The van der Waals surface area contributed by atoms with Crippen molar-refractivity contribution in [1.82, 2.24) is 29.0 Å². The van der Waals surface area contributed by atoms with Gasteiger partial charge >= 0.3 is 0 Å². The van der Waals surface area contributed by atoms with Gasteiger partial charge in [-0.05, 0) is 37.6 Å². The van der Waals surface area contributed by atoms with Crippen LogP contribution in [-0.4, -0.2) is 41.5 Å². The molecule has 0 spiro atoms. The van der Waals surface area contributed by atoms with Crippen molar-refractivity contribution >= 4 is 11.7 Å². The first-order valence-electron chi connectivity index (χ1n) is 9.34. The fraction of sp³-hybridized carbons (Fsp3) is 0.238. The van der Waals surface area contributed by atoms with Crippen LogP contribution in [0.5, 0.6) is 0 Å². The van der Waals surface area contributed by atoms with E-state index in [9.17, 15) is 4.79 Å². The Morgan fingerprint density at radius 1 is 1.04 bits per heavy atom. The van der Waals surface area contributed by atoms with Crippen LogP contribution < -0.4 is 0 Å². The third kappa shape index (κ3) is 2.58. The topological polar surface area (TPSA) is 68.3 Å². The summed E-state index contributed by atoms with van der Waals surface area (Å²) in [6.45, 7) is 5.20. The first-order chi connectivity index (χ1) is 13.6. The Morgan fingerprint density at radius 2 is 1.86 bits per heavy atom. The Bertz CT molecular complexity index is 1180. The number of aromatic nitrogens is 5. The van der Waals surface area contributed by atoms with Crippen LogP contribution >= 0.6 is 0 Å². The van der Waals surface area contributed by atoms with Gasteiger partial charge in [-0.2, -0.15) is 4.98 Å². The molecule has 1 atom stereocenters. The lowest BCUT2D eigenvalue weighted by Gasteiger charge is -2.36. The van der Waals surface area contributed by atoms with E-state index in [1.165, 1.54) is 0 Å². The Morgan fingerprint density at radius 3 is 2.68 bits per heavy atom. The van der Waals surface area contributed by atoms with E-state index in [-0.39, 0.29) is 17.8 Å². The van der Waals surface area contributed by atoms with Crippen LogP contribution in [0.25, 0.3) is 5.78 Å². The van der Waals surface area contributed by atoms with Gasteiger partial charge in [0.05, 0.1) is 6.04 Å². The van der Waals surface area contributed by atoms with Crippen molar-refractivity contribution in [3.63, 3.8) is 0 Å². The van der Waals surface area contributed by atoms with Crippen LogP contribution in [0.4, 0.5) is 0 Å². The van der Waals surface area contributed by atoms with Crippen molar-refractivity contribution in [2.75, 3.05) is 6.54 Å². The van der Waals surface area contributed by atoms with Gasteiger partial charge in [-0.1, -0.05) is 30.3 Å². The molecule has 1 aliphatic heterocycles. The molecule has 5 rings (SSSR count). The molecule has 0 aliphatic carbocycles. The highest BCUT2D eigenvalue weighted by atomic mass is 16.2. The molecule has 0 radical (unpaired) electrons. The molecule has 4 heterocycles.